The van der Waals surface area contributed by atoms with Crippen LogP contribution in [0.3, 0.4) is 0 Å². The van der Waals surface area contributed by atoms with Crippen molar-refractivity contribution in [1.29, 1.82) is 5.26 Å². The van der Waals surface area contributed by atoms with Crippen LogP contribution in [0.25, 0.3) is 0 Å². The van der Waals surface area contributed by atoms with Crippen molar-refractivity contribution in [3.8, 4) is 11.8 Å². The number of aromatic nitrogens is 1. The maximum Gasteiger partial charge on any atom is 0.136 e. The van der Waals surface area contributed by atoms with Crippen LogP contribution in [-0.2, 0) is 13.1 Å². The Morgan fingerprint density at radius 3 is 2.95 bits per heavy atom. The Morgan fingerprint density at radius 1 is 1.38 bits per heavy atom. The van der Waals surface area contributed by atoms with Gasteiger partial charge in [-0.1, -0.05) is 6.07 Å². The Balaban J connectivity index is 1.74. The highest BCUT2D eigenvalue weighted by atomic mass is 16.5. The molecule has 0 aliphatic heterocycles. The SMILES string of the molecule is COc1cc(Cn2cccc2CNC2CC2)ccc1C#N. The fourth-order valence-corrected chi connectivity index (χ4v) is 2.42. The van der Waals surface area contributed by atoms with Crippen molar-refractivity contribution in [2.24, 2.45) is 0 Å². The molecule has 0 atom stereocenters. The molecular formula is C17H19N3O. The summed E-state index contributed by atoms with van der Waals surface area (Å²) < 4.78 is 7.50. The van der Waals surface area contributed by atoms with Gasteiger partial charge in [-0.25, -0.2) is 0 Å². The number of nitrogens with zero attached hydrogens (tertiary/aromatic N) is 2. The minimum Gasteiger partial charge on any atom is -0.495 e. The molecule has 0 unspecified atom stereocenters. The number of rotatable bonds is 6. The predicted molar refractivity (Wildman–Crippen MR) is 81.1 cm³/mol. The molecule has 4 heteroatoms. The lowest BCUT2D eigenvalue weighted by atomic mass is 10.1. The molecule has 2 aromatic rings. The van der Waals surface area contributed by atoms with Crippen molar-refractivity contribution in [3.63, 3.8) is 0 Å². The third-order valence-electron chi connectivity index (χ3n) is 3.81. The lowest BCUT2D eigenvalue weighted by Gasteiger charge is -2.11. The summed E-state index contributed by atoms with van der Waals surface area (Å²) in [6, 6.07) is 12.8. The molecule has 0 bridgehead atoms. The molecule has 108 valence electrons. The number of benzene rings is 1. The number of nitriles is 1. The van der Waals surface area contributed by atoms with Gasteiger partial charge in [0.2, 0.25) is 0 Å². The van der Waals surface area contributed by atoms with Crippen LogP contribution < -0.4 is 10.1 Å². The minimum absolute atomic E-state index is 0.573. The molecule has 1 N–H and O–H groups in total. The number of hydrogen-bond donors (Lipinski definition) is 1. The first-order valence-electron chi connectivity index (χ1n) is 7.24. The highest BCUT2D eigenvalue weighted by molar-refractivity contribution is 5.45. The normalized spacial score (nSPS) is 13.9. The quantitative estimate of drug-likeness (QED) is 0.885. The van der Waals surface area contributed by atoms with Gasteiger partial charge in [-0.15, -0.1) is 0 Å². The highest BCUT2D eigenvalue weighted by Gasteiger charge is 2.20. The Labute approximate surface area is 125 Å². The first-order chi connectivity index (χ1) is 10.3. The van der Waals surface area contributed by atoms with Crippen LogP contribution in [0.2, 0.25) is 0 Å². The molecule has 21 heavy (non-hydrogen) atoms. The zero-order valence-corrected chi connectivity index (χ0v) is 12.2. The van der Waals surface area contributed by atoms with Gasteiger partial charge in [0.15, 0.2) is 0 Å². The monoisotopic (exact) mass is 281 g/mol. The average Bonchev–Trinajstić information content (AvgIpc) is 3.25. The molecule has 0 radical (unpaired) electrons. The molecule has 0 amide bonds. The summed E-state index contributed by atoms with van der Waals surface area (Å²) in [6.07, 6.45) is 4.69. The van der Waals surface area contributed by atoms with Gasteiger partial charge in [-0.05, 0) is 42.7 Å². The fraction of sp³-hybridized carbons (Fsp3) is 0.353. The summed E-state index contributed by atoms with van der Waals surface area (Å²) in [7, 11) is 1.60. The van der Waals surface area contributed by atoms with E-state index in [-0.39, 0.29) is 0 Å². The van der Waals surface area contributed by atoms with Crippen LogP contribution in [0.4, 0.5) is 0 Å². The third-order valence-corrected chi connectivity index (χ3v) is 3.81. The van der Waals surface area contributed by atoms with E-state index >= 15 is 0 Å². The van der Waals surface area contributed by atoms with Gasteiger partial charge >= 0.3 is 0 Å². The van der Waals surface area contributed by atoms with Crippen LogP contribution in [0.1, 0.15) is 29.7 Å². The van der Waals surface area contributed by atoms with Gasteiger partial charge in [0.05, 0.1) is 12.7 Å². The summed E-state index contributed by atoms with van der Waals surface area (Å²) in [5.74, 6) is 0.639. The maximum atomic E-state index is 9.03. The third kappa shape index (κ3) is 3.26. The van der Waals surface area contributed by atoms with E-state index in [9.17, 15) is 0 Å². The molecule has 1 fully saturated rings. The van der Waals surface area contributed by atoms with Gasteiger partial charge in [0.25, 0.3) is 0 Å². The number of nitrogens with one attached hydrogen (secondary N) is 1. The number of hydrogen-bond acceptors (Lipinski definition) is 3. The smallest absolute Gasteiger partial charge is 0.136 e. The molecule has 0 saturated heterocycles. The second kappa shape index (κ2) is 6.02. The van der Waals surface area contributed by atoms with Crippen molar-refractivity contribution >= 4 is 0 Å². The molecule has 1 aliphatic rings. The molecular weight excluding hydrogens is 262 g/mol. The van der Waals surface area contributed by atoms with Crippen molar-refractivity contribution in [2.75, 3.05) is 7.11 Å². The molecule has 1 aliphatic carbocycles. The molecule has 1 aromatic heterocycles. The summed E-state index contributed by atoms with van der Waals surface area (Å²) in [6.45, 7) is 1.70. The lowest BCUT2D eigenvalue weighted by molar-refractivity contribution is 0.412. The van der Waals surface area contributed by atoms with E-state index in [4.69, 9.17) is 10.00 Å². The van der Waals surface area contributed by atoms with Crippen LogP contribution in [0, 0.1) is 11.3 Å². The van der Waals surface area contributed by atoms with Crippen molar-refractivity contribution in [2.45, 2.75) is 32.0 Å². The highest BCUT2D eigenvalue weighted by Crippen LogP contribution is 2.21. The first kappa shape index (κ1) is 13.7. The second-order valence-electron chi connectivity index (χ2n) is 5.43. The lowest BCUT2D eigenvalue weighted by Crippen LogP contribution is -2.18. The number of ether oxygens (including phenoxy) is 1. The van der Waals surface area contributed by atoms with Crippen molar-refractivity contribution in [3.05, 3.63) is 53.3 Å². The van der Waals surface area contributed by atoms with E-state index < -0.39 is 0 Å². The molecule has 3 rings (SSSR count). The van der Waals surface area contributed by atoms with Gasteiger partial charge in [-0.3, -0.25) is 0 Å². The number of methoxy groups -OCH3 is 1. The van der Waals surface area contributed by atoms with Crippen LogP contribution >= 0.6 is 0 Å². The summed E-state index contributed by atoms with van der Waals surface area (Å²) >= 11 is 0. The van der Waals surface area contributed by atoms with E-state index in [1.54, 1.807) is 7.11 Å². The van der Waals surface area contributed by atoms with Crippen molar-refractivity contribution in [1.82, 2.24) is 9.88 Å². The maximum absolute atomic E-state index is 9.03. The van der Waals surface area contributed by atoms with Gasteiger partial charge < -0.3 is 14.6 Å². The molecule has 4 nitrogen and oxygen atoms in total. The van der Waals surface area contributed by atoms with Gasteiger partial charge in [0.1, 0.15) is 11.8 Å². The van der Waals surface area contributed by atoms with E-state index in [1.807, 2.05) is 18.2 Å². The van der Waals surface area contributed by atoms with Crippen LogP contribution in [-0.4, -0.2) is 17.7 Å². The average molecular weight is 281 g/mol. The second-order valence-corrected chi connectivity index (χ2v) is 5.43. The van der Waals surface area contributed by atoms with Crippen LogP contribution in [0.5, 0.6) is 5.75 Å². The summed E-state index contributed by atoms with van der Waals surface area (Å²) in [5.41, 5.74) is 2.99. The first-order valence-corrected chi connectivity index (χ1v) is 7.24. The Morgan fingerprint density at radius 2 is 2.24 bits per heavy atom. The summed E-state index contributed by atoms with van der Waals surface area (Å²) in [4.78, 5) is 0. The molecule has 1 saturated carbocycles. The fourth-order valence-electron chi connectivity index (χ4n) is 2.42. The Kier molecular flexibility index (Phi) is 3.94. The zero-order valence-electron chi connectivity index (χ0n) is 12.2. The summed E-state index contributed by atoms with van der Waals surface area (Å²) in [5, 5.41) is 12.6. The van der Waals surface area contributed by atoms with E-state index in [0.29, 0.717) is 17.4 Å². The minimum atomic E-state index is 0.573. The molecule has 1 heterocycles. The molecule has 1 aromatic carbocycles. The molecule has 0 spiro atoms. The Hall–Kier alpha value is -2.25. The van der Waals surface area contributed by atoms with Crippen molar-refractivity contribution < 1.29 is 4.74 Å². The van der Waals surface area contributed by atoms with Crippen LogP contribution in [0.15, 0.2) is 36.5 Å². The predicted octanol–water partition coefficient (Wildman–Crippen LogP) is 2.67. The van der Waals surface area contributed by atoms with Gasteiger partial charge in [-0.2, -0.15) is 5.26 Å². The van der Waals surface area contributed by atoms with E-state index in [1.165, 1.54) is 18.5 Å². The standard InChI is InChI=1S/C17H19N3O/c1-21-17-9-13(4-5-14(17)10-18)12-20-8-2-3-16(20)11-19-15-6-7-15/h2-5,8-9,15,19H,6-7,11-12H2,1H3. The zero-order chi connectivity index (χ0) is 14.7. The van der Waals surface area contributed by atoms with E-state index in [2.05, 4.69) is 34.3 Å². The largest absolute Gasteiger partial charge is 0.495 e. The topological polar surface area (TPSA) is 50.0 Å². The van der Waals surface area contributed by atoms with Gasteiger partial charge in [0, 0.05) is 31.0 Å². The Bertz CT molecular complexity index is 665. The van der Waals surface area contributed by atoms with E-state index in [0.717, 1.165) is 18.7 Å².